The zero-order valence-electron chi connectivity index (χ0n) is 18.3. The highest BCUT2D eigenvalue weighted by Gasteiger charge is 2.33. The van der Waals surface area contributed by atoms with Crippen molar-refractivity contribution in [2.75, 3.05) is 21.3 Å². The number of furan rings is 1. The SMILES string of the molecule is COC(=O)C1=C(C)N=c2sc(=Cc3ccc(C)o3)c(=O)n2[C@H]1c1ccc(OC)c(OC)c1. The number of hydrogen-bond acceptors (Lipinski definition) is 8. The summed E-state index contributed by atoms with van der Waals surface area (Å²) < 4.78 is 23.3. The maximum Gasteiger partial charge on any atom is 0.338 e. The van der Waals surface area contributed by atoms with Crippen LogP contribution in [0.5, 0.6) is 11.5 Å². The molecule has 0 saturated heterocycles. The molecule has 2 aromatic heterocycles. The Morgan fingerprint density at radius 1 is 1.12 bits per heavy atom. The molecule has 0 spiro atoms. The first-order valence-corrected chi connectivity index (χ1v) is 10.6. The summed E-state index contributed by atoms with van der Waals surface area (Å²) in [7, 11) is 4.38. The Balaban J connectivity index is 1.98. The quantitative estimate of drug-likeness (QED) is 0.550. The molecule has 3 aromatic rings. The van der Waals surface area contributed by atoms with Crippen LogP contribution in [0.15, 0.2) is 55.8 Å². The van der Waals surface area contributed by atoms with E-state index >= 15 is 0 Å². The molecule has 8 nitrogen and oxygen atoms in total. The fourth-order valence-corrected chi connectivity index (χ4v) is 4.72. The number of nitrogens with zero attached hydrogens (tertiary/aromatic N) is 2. The molecule has 1 aromatic carbocycles. The minimum absolute atomic E-state index is 0.281. The number of thiazole rings is 1. The lowest BCUT2D eigenvalue weighted by molar-refractivity contribution is -0.136. The predicted molar refractivity (Wildman–Crippen MR) is 119 cm³/mol. The van der Waals surface area contributed by atoms with Crippen LogP contribution < -0.4 is 24.4 Å². The zero-order chi connectivity index (χ0) is 23.0. The molecule has 0 N–H and O–H groups in total. The van der Waals surface area contributed by atoms with Gasteiger partial charge in [-0.15, -0.1) is 0 Å². The monoisotopic (exact) mass is 454 g/mol. The minimum Gasteiger partial charge on any atom is -0.493 e. The average molecular weight is 455 g/mol. The Hall–Kier alpha value is -3.59. The van der Waals surface area contributed by atoms with Gasteiger partial charge < -0.3 is 18.6 Å². The molecule has 0 fully saturated rings. The Labute approximate surface area is 187 Å². The van der Waals surface area contributed by atoms with E-state index < -0.39 is 12.0 Å². The molecule has 0 amide bonds. The highest BCUT2D eigenvalue weighted by molar-refractivity contribution is 7.07. The van der Waals surface area contributed by atoms with E-state index in [2.05, 4.69) is 4.99 Å². The number of carbonyl (C=O) groups excluding carboxylic acids is 1. The maximum absolute atomic E-state index is 13.5. The number of benzene rings is 1. The van der Waals surface area contributed by atoms with E-state index in [1.807, 2.05) is 13.0 Å². The summed E-state index contributed by atoms with van der Waals surface area (Å²) in [6.07, 6.45) is 1.68. The van der Waals surface area contributed by atoms with Crippen LogP contribution in [0.4, 0.5) is 0 Å². The number of carbonyl (C=O) groups is 1. The smallest absolute Gasteiger partial charge is 0.338 e. The van der Waals surface area contributed by atoms with E-state index in [1.54, 1.807) is 44.4 Å². The van der Waals surface area contributed by atoms with Gasteiger partial charge in [-0.2, -0.15) is 0 Å². The fourth-order valence-electron chi connectivity index (χ4n) is 3.69. The predicted octanol–water partition coefficient (Wildman–Crippen LogP) is 2.33. The van der Waals surface area contributed by atoms with E-state index in [9.17, 15) is 9.59 Å². The third kappa shape index (κ3) is 3.64. The van der Waals surface area contributed by atoms with Gasteiger partial charge in [-0.3, -0.25) is 9.36 Å². The van der Waals surface area contributed by atoms with E-state index in [0.717, 1.165) is 5.76 Å². The molecular weight excluding hydrogens is 432 g/mol. The summed E-state index contributed by atoms with van der Waals surface area (Å²) in [6.45, 7) is 3.56. The lowest BCUT2D eigenvalue weighted by Gasteiger charge is -2.25. The number of methoxy groups -OCH3 is 3. The largest absolute Gasteiger partial charge is 0.493 e. The number of allylic oxidation sites excluding steroid dienone is 1. The molecular formula is C23H22N2O6S. The van der Waals surface area contributed by atoms with Gasteiger partial charge in [-0.1, -0.05) is 17.4 Å². The highest BCUT2D eigenvalue weighted by atomic mass is 32.1. The summed E-state index contributed by atoms with van der Waals surface area (Å²) in [5.74, 6) is 1.78. The van der Waals surface area contributed by atoms with Gasteiger partial charge in [0.05, 0.1) is 43.2 Å². The van der Waals surface area contributed by atoms with Gasteiger partial charge >= 0.3 is 5.97 Å². The van der Waals surface area contributed by atoms with Crippen LogP contribution in [0.2, 0.25) is 0 Å². The van der Waals surface area contributed by atoms with Crippen molar-refractivity contribution in [3.63, 3.8) is 0 Å². The topological polar surface area (TPSA) is 92.3 Å². The van der Waals surface area contributed by atoms with Crippen molar-refractivity contribution in [1.82, 2.24) is 4.57 Å². The molecule has 1 atom stereocenters. The summed E-state index contributed by atoms with van der Waals surface area (Å²) in [5, 5.41) is 0. The Bertz CT molecular complexity index is 1410. The fraction of sp³-hybridized carbons (Fsp3) is 0.261. The van der Waals surface area contributed by atoms with Gasteiger partial charge in [-0.05, 0) is 43.7 Å². The lowest BCUT2D eigenvalue weighted by Crippen LogP contribution is -2.39. The van der Waals surface area contributed by atoms with Gasteiger partial charge in [0, 0.05) is 6.08 Å². The van der Waals surface area contributed by atoms with Gasteiger partial charge in [0.1, 0.15) is 11.5 Å². The first-order chi connectivity index (χ1) is 15.4. The van der Waals surface area contributed by atoms with Crippen molar-refractivity contribution in [3.05, 3.63) is 78.4 Å². The number of aryl methyl sites for hydroxylation is 1. The van der Waals surface area contributed by atoms with Crippen molar-refractivity contribution >= 4 is 23.4 Å². The van der Waals surface area contributed by atoms with Crippen molar-refractivity contribution in [3.8, 4) is 11.5 Å². The normalized spacial score (nSPS) is 15.9. The van der Waals surface area contributed by atoms with Crippen LogP contribution in [-0.2, 0) is 9.53 Å². The van der Waals surface area contributed by atoms with Crippen LogP contribution >= 0.6 is 11.3 Å². The first kappa shape index (κ1) is 21.6. The third-order valence-corrected chi connectivity index (χ3v) is 6.17. The molecule has 0 saturated carbocycles. The lowest BCUT2D eigenvalue weighted by atomic mass is 9.95. The molecule has 1 aliphatic rings. The van der Waals surface area contributed by atoms with Crippen molar-refractivity contribution in [2.24, 2.45) is 4.99 Å². The molecule has 166 valence electrons. The summed E-state index contributed by atoms with van der Waals surface area (Å²) >= 11 is 1.23. The van der Waals surface area contributed by atoms with Crippen LogP contribution in [0.25, 0.3) is 6.08 Å². The van der Waals surface area contributed by atoms with Crippen molar-refractivity contribution in [1.29, 1.82) is 0 Å². The van der Waals surface area contributed by atoms with Crippen molar-refractivity contribution in [2.45, 2.75) is 19.9 Å². The van der Waals surface area contributed by atoms with Gasteiger partial charge in [-0.25, -0.2) is 9.79 Å². The Morgan fingerprint density at radius 2 is 1.88 bits per heavy atom. The number of esters is 1. The van der Waals surface area contributed by atoms with Crippen LogP contribution in [0.3, 0.4) is 0 Å². The molecule has 4 rings (SSSR count). The molecule has 9 heteroatoms. The van der Waals surface area contributed by atoms with Gasteiger partial charge in [0.15, 0.2) is 16.3 Å². The highest BCUT2D eigenvalue weighted by Crippen LogP contribution is 2.35. The van der Waals surface area contributed by atoms with Crippen LogP contribution in [0.1, 0.15) is 30.0 Å². The number of fused-ring (bicyclic) bond motifs is 1. The van der Waals surface area contributed by atoms with E-state index in [4.69, 9.17) is 18.6 Å². The molecule has 0 radical (unpaired) electrons. The second kappa shape index (κ2) is 8.51. The van der Waals surface area contributed by atoms with Gasteiger partial charge in [0.2, 0.25) is 0 Å². The Kier molecular flexibility index (Phi) is 5.75. The molecule has 0 unspecified atom stereocenters. The first-order valence-electron chi connectivity index (χ1n) is 9.77. The molecule has 3 heterocycles. The zero-order valence-corrected chi connectivity index (χ0v) is 19.1. The second-order valence-corrected chi connectivity index (χ2v) is 8.15. The number of ether oxygens (including phenoxy) is 3. The summed E-state index contributed by atoms with van der Waals surface area (Å²) in [4.78, 5) is 31.2. The molecule has 0 aliphatic carbocycles. The second-order valence-electron chi connectivity index (χ2n) is 7.14. The third-order valence-electron chi connectivity index (χ3n) is 5.18. The van der Waals surface area contributed by atoms with E-state index in [0.29, 0.717) is 37.9 Å². The maximum atomic E-state index is 13.5. The molecule has 1 aliphatic heterocycles. The van der Waals surface area contributed by atoms with Crippen LogP contribution in [0, 0.1) is 6.92 Å². The minimum atomic E-state index is -0.737. The summed E-state index contributed by atoms with van der Waals surface area (Å²) in [6, 6.07) is 8.16. The average Bonchev–Trinajstić information content (AvgIpc) is 3.34. The van der Waals surface area contributed by atoms with E-state index in [1.165, 1.54) is 30.1 Å². The standard InChI is InChI=1S/C23H22N2O6S/c1-12-6-8-15(31-12)11-18-21(26)25-20(14-7-9-16(28-3)17(10-14)29-4)19(22(27)30-5)13(2)24-23(25)32-18/h6-11,20H,1-5H3/t20-/m0/s1. The molecule has 32 heavy (non-hydrogen) atoms. The number of aromatic nitrogens is 1. The van der Waals surface area contributed by atoms with Gasteiger partial charge in [0.25, 0.3) is 5.56 Å². The summed E-state index contributed by atoms with van der Waals surface area (Å²) in [5.41, 5.74) is 1.15. The molecule has 0 bridgehead atoms. The van der Waals surface area contributed by atoms with Crippen molar-refractivity contribution < 1.29 is 23.4 Å². The number of hydrogen-bond donors (Lipinski definition) is 0. The Morgan fingerprint density at radius 3 is 2.50 bits per heavy atom. The number of rotatable bonds is 5. The van der Waals surface area contributed by atoms with E-state index in [-0.39, 0.29) is 11.1 Å². The van der Waals surface area contributed by atoms with Crippen LogP contribution in [-0.4, -0.2) is 31.9 Å².